The van der Waals surface area contributed by atoms with Gasteiger partial charge in [0.1, 0.15) is 5.75 Å². The fourth-order valence-corrected chi connectivity index (χ4v) is 2.69. The van der Waals surface area contributed by atoms with E-state index in [1.165, 1.54) is 22.3 Å². The largest absolute Gasteiger partial charge is 0.508 e. The predicted octanol–water partition coefficient (Wildman–Crippen LogP) is 5.29. The fraction of sp³-hybridized carbons (Fsp3) is 0.0476. The smallest absolute Gasteiger partial charge is 0.115 e. The van der Waals surface area contributed by atoms with Crippen LogP contribution in [0.25, 0.3) is 17.2 Å². The van der Waals surface area contributed by atoms with Crippen LogP contribution in [0.1, 0.15) is 16.7 Å². The van der Waals surface area contributed by atoms with Crippen LogP contribution in [0.2, 0.25) is 0 Å². The van der Waals surface area contributed by atoms with Gasteiger partial charge in [-0.15, -0.1) is 0 Å². The second-order valence-electron chi connectivity index (χ2n) is 5.29. The average Bonchev–Trinajstić information content (AvgIpc) is 2.95. The second kappa shape index (κ2) is 6.31. The Morgan fingerprint density at radius 2 is 1.23 bits per heavy atom. The molecule has 0 radical (unpaired) electrons. The van der Waals surface area contributed by atoms with Gasteiger partial charge >= 0.3 is 0 Å². The first-order valence-corrected chi connectivity index (χ1v) is 7.35. The van der Waals surface area contributed by atoms with E-state index in [0.29, 0.717) is 5.75 Å². The SMILES string of the molecule is C=Cc1ccc(O)cc1.c1ccc2c(c1)Cc1ccccc1-2. The Bertz CT molecular complexity index is 742. The number of phenols is 1. The van der Waals surface area contributed by atoms with Crippen molar-refractivity contribution in [3.63, 3.8) is 0 Å². The molecular formula is C21H18O. The fourth-order valence-electron chi connectivity index (χ4n) is 2.69. The first kappa shape index (κ1) is 14.2. The van der Waals surface area contributed by atoms with Crippen molar-refractivity contribution in [1.82, 2.24) is 0 Å². The molecule has 1 aliphatic rings. The summed E-state index contributed by atoms with van der Waals surface area (Å²) in [5, 5.41) is 8.82. The molecule has 0 amide bonds. The molecule has 1 heteroatoms. The summed E-state index contributed by atoms with van der Waals surface area (Å²) >= 11 is 0. The highest BCUT2D eigenvalue weighted by Crippen LogP contribution is 2.35. The van der Waals surface area contributed by atoms with E-state index in [1.807, 2.05) is 12.1 Å². The van der Waals surface area contributed by atoms with E-state index in [-0.39, 0.29) is 0 Å². The van der Waals surface area contributed by atoms with Crippen molar-refractivity contribution in [2.24, 2.45) is 0 Å². The van der Waals surface area contributed by atoms with Crippen molar-refractivity contribution in [3.8, 4) is 16.9 Å². The molecule has 1 nitrogen and oxygen atoms in total. The van der Waals surface area contributed by atoms with E-state index in [1.54, 1.807) is 18.2 Å². The Balaban J connectivity index is 0.000000142. The van der Waals surface area contributed by atoms with E-state index >= 15 is 0 Å². The number of aromatic hydroxyl groups is 1. The predicted molar refractivity (Wildman–Crippen MR) is 92.9 cm³/mol. The quantitative estimate of drug-likeness (QED) is 0.504. The highest BCUT2D eigenvalue weighted by atomic mass is 16.3. The van der Waals surface area contributed by atoms with Crippen molar-refractivity contribution >= 4 is 6.08 Å². The summed E-state index contributed by atoms with van der Waals surface area (Å²) in [7, 11) is 0. The summed E-state index contributed by atoms with van der Waals surface area (Å²) in [6, 6.07) is 24.2. The molecule has 0 bridgehead atoms. The molecule has 22 heavy (non-hydrogen) atoms. The Morgan fingerprint density at radius 1 is 0.727 bits per heavy atom. The van der Waals surface area contributed by atoms with Crippen LogP contribution in [0, 0.1) is 0 Å². The number of fused-ring (bicyclic) bond motifs is 3. The maximum absolute atomic E-state index is 8.82. The lowest BCUT2D eigenvalue weighted by atomic mass is 10.1. The number of rotatable bonds is 1. The molecule has 0 unspecified atom stereocenters. The van der Waals surface area contributed by atoms with Crippen LogP contribution >= 0.6 is 0 Å². The van der Waals surface area contributed by atoms with Gasteiger partial charge < -0.3 is 5.11 Å². The topological polar surface area (TPSA) is 20.2 Å². The van der Waals surface area contributed by atoms with E-state index in [9.17, 15) is 0 Å². The van der Waals surface area contributed by atoms with Gasteiger partial charge in [0, 0.05) is 0 Å². The minimum absolute atomic E-state index is 0.292. The highest BCUT2D eigenvalue weighted by molar-refractivity contribution is 5.76. The average molecular weight is 286 g/mol. The Labute approximate surface area is 131 Å². The van der Waals surface area contributed by atoms with Crippen molar-refractivity contribution in [3.05, 3.63) is 96.1 Å². The zero-order valence-electron chi connectivity index (χ0n) is 12.4. The number of hydrogen-bond acceptors (Lipinski definition) is 1. The van der Waals surface area contributed by atoms with Crippen LogP contribution in [0.5, 0.6) is 5.75 Å². The molecular weight excluding hydrogens is 268 g/mol. The maximum atomic E-state index is 8.82. The third kappa shape index (κ3) is 2.94. The summed E-state index contributed by atoms with van der Waals surface area (Å²) in [6.45, 7) is 3.58. The maximum Gasteiger partial charge on any atom is 0.115 e. The summed E-state index contributed by atoms with van der Waals surface area (Å²) < 4.78 is 0. The van der Waals surface area contributed by atoms with Crippen LogP contribution < -0.4 is 0 Å². The Kier molecular flexibility index (Phi) is 4.06. The van der Waals surface area contributed by atoms with Crippen LogP contribution in [0.4, 0.5) is 0 Å². The van der Waals surface area contributed by atoms with Crippen molar-refractivity contribution in [1.29, 1.82) is 0 Å². The molecule has 108 valence electrons. The molecule has 4 rings (SSSR count). The third-order valence-corrected chi connectivity index (χ3v) is 3.83. The second-order valence-corrected chi connectivity index (χ2v) is 5.29. The Hall–Kier alpha value is -2.80. The van der Waals surface area contributed by atoms with Gasteiger partial charge in [-0.05, 0) is 46.4 Å². The van der Waals surface area contributed by atoms with Gasteiger partial charge in [-0.2, -0.15) is 0 Å². The molecule has 1 N–H and O–H groups in total. The number of hydrogen-bond donors (Lipinski definition) is 1. The minimum Gasteiger partial charge on any atom is -0.508 e. The molecule has 3 aromatic rings. The van der Waals surface area contributed by atoms with Gasteiger partial charge in [0.2, 0.25) is 0 Å². The minimum atomic E-state index is 0.292. The number of phenolic OH excluding ortho intramolecular Hbond substituents is 1. The van der Waals surface area contributed by atoms with Gasteiger partial charge in [-0.3, -0.25) is 0 Å². The molecule has 0 aromatic heterocycles. The van der Waals surface area contributed by atoms with Crippen molar-refractivity contribution in [2.45, 2.75) is 6.42 Å². The van der Waals surface area contributed by atoms with Gasteiger partial charge in [0.25, 0.3) is 0 Å². The summed E-state index contributed by atoms with van der Waals surface area (Å²) in [5.41, 5.74) is 6.77. The van der Waals surface area contributed by atoms with E-state index in [2.05, 4.69) is 55.1 Å². The summed E-state index contributed by atoms with van der Waals surface area (Å²) in [5.74, 6) is 0.292. The van der Waals surface area contributed by atoms with Crippen molar-refractivity contribution < 1.29 is 5.11 Å². The molecule has 3 aromatic carbocycles. The van der Waals surface area contributed by atoms with Gasteiger partial charge in [0.05, 0.1) is 0 Å². The summed E-state index contributed by atoms with van der Waals surface area (Å²) in [6.07, 6.45) is 2.84. The standard InChI is InChI=1S/C13H10.C8H8O/c1-3-7-12-10(5-1)9-11-6-2-4-8-13(11)12;1-2-7-3-5-8(9)6-4-7/h1-8H,9H2;2-6,9H,1H2. The van der Waals surface area contributed by atoms with Crippen LogP contribution in [0.15, 0.2) is 79.4 Å². The molecule has 0 aliphatic heterocycles. The van der Waals surface area contributed by atoms with Crippen LogP contribution in [-0.4, -0.2) is 5.11 Å². The molecule has 0 atom stereocenters. The van der Waals surface area contributed by atoms with Gasteiger partial charge in [-0.1, -0.05) is 73.3 Å². The van der Waals surface area contributed by atoms with E-state index < -0.39 is 0 Å². The van der Waals surface area contributed by atoms with Crippen LogP contribution in [-0.2, 0) is 6.42 Å². The lowest BCUT2D eigenvalue weighted by Gasteiger charge is -1.98. The zero-order chi connectivity index (χ0) is 15.4. The Morgan fingerprint density at radius 3 is 1.73 bits per heavy atom. The molecule has 0 saturated carbocycles. The zero-order valence-corrected chi connectivity index (χ0v) is 12.4. The molecule has 0 saturated heterocycles. The molecule has 0 heterocycles. The normalized spacial score (nSPS) is 10.9. The van der Waals surface area contributed by atoms with E-state index in [4.69, 9.17) is 5.11 Å². The summed E-state index contributed by atoms with van der Waals surface area (Å²) in [4.78, 5) is 0. The van der Waals surface area contributed by atoms with Gasteiger partial charge in [0.15, 0.2) is 0 Å². The van der Waals surface area contributed by atoms with E-state index in [0.717, 1.165) is 12.0 Å². The molecule has 1 aliphatic carbocycles. The lowest BCUT2D eigenvalue weighted by molar-refractivity contribution is 0.475. The van der Waals surface area contributed by atoms with Crippen LogP contribution in [0.3, 0.4) is 0 Å². The first-order valence-electron chi connectivity index (χ1n) is 7.35. The van der Waals surface area contributed by atoms with Gasteiger partial charge in [-0.25, -0.2) is 0 Å². The lowest BCUT2D eigenvalue weighted by Crippen LogP contribution is -1.77. The third-order valence-electron chi connectivity index (χ3n) is 3.83. The molecule has 0 fully saturated rings. The van der Waals surface area contributed by atoms with Crippen molar-refractivity contribution in [2.75, 3.05) is 0 Å². The molecule has 0 spiro atoms. The number of benzene rings is 3. The monoisotopic (exact) mass is 286 g/mol. The first-order chi connectivity index (χ1) is 10.8. The highest BCUT2D eigenvalue weighted by Gasteiger charge is 2.15.